The Bertz CT molecular complexity index is 1340. The van der Waals surface area contributed by atoms with Crippen LogP contribution in [0.25, 0.3) is 29.3 Å². The molecule has 0 spiro atoms. The molecule has 1 atom stereocenters. The minimum absolute atomic E-state index is 0.348. The Balaban J connectivity index is 1.49. The van der Waals surface area contributed by atoms with E-state index in [4.69, 9.17) is 0 Å². The van der Waals surface area contributed by atoms with Gasteiger partial charge in [0.2, 0.25) is 0 Å². The van der Waals surface area contributed by atoms with Gasteiger partial charge in [-0.2, -0.15) is 0 Å². The quantitative estimate of drug-likeness (QED) is 0.0833. The van der Waals surface area contributed by atoms with Crippen LogP contribution < -0.4 is 0 Å². The molecule has 4 heteroatoms. The maximum Gasteiger partial charge on any atom is 0.0449 e. The van der Waals surface area contributed by atoms with E-state index in [9.17, 15) is 0 Å². The van der Waals surface area contributed by atoms with Gasteiger partial charge in [0.25, 0.3) is 0 Å². The van der Waals surface area contributed by atoms with Crippen LogP contribution >= 0.6 is 45.3 Å². The Labute approximate surface area is 280 Å². The monoisotopic (exact) mass is 652 g/mol. The summed E-state index contributed by atoms with van der Waals surface area (Å²) < 4.78 is 0. The second-order valence-corrected chi connectivity index (χ2v) is 17.0. The molecule has 0 nitrogen and oxygen atoms in total. The standard InChI is InChI=1S/C39H56S4/c1-7-13-15-17-28-38(10-4,11-5)36-25-23-34(42-36)32-21-19-30(40-32)31-20-22-33(41-31)35-24-26-37(43-35)39(12-6,27-9-3)29-18-16-14-8-2/h19-26H,7-18,27-29H2,1-6H3. The predicted octanol–water partition coefficient (Wildman–Crippen LogP) is 15.4. The van der Waals surface area contributed by atoms with E-state index in [1.807, 2.05) is 22.7 Å². The molecular weight excluding hydrogens is 597 g/mol. The third kappa shape index (κ3) is 8.34. The zero-order valence-corrected chi connectivity index (χ0v) is 31.1. The first-order valence-corrected chi connectivity index (χ1v) is 20.7. The first-order valence-electron chi connectivity index (χ1n) is 17.4. The van der Waals surface area contributed by atoms with E-state index in [2.05, 4.69) is 113 Å². The highest BCUT2D eigenvalue weighted by molar-refractivity contribution is 7.28. The minimum atomic E-state index is 0.348. The van der Waals surface area contributed by atoms with Crippen molar-refractivity contribution in [2.45, 2.75) is 149 Å². The number of rotatable bonds is 20. The highest BCUT2D eigenvalue weighted by Gasteiger charge is 2.31. The number of unbranched alkanes of at least 4 members (excludes halogenated alkanes) is 6. The van der Waals surface area contributed by atoms with Gasteiger partial charge in [-0.25, -0.2) is 0 Å². The van der Waals surface area contributed by atoms with Gasteiger partial charge in [0, 0.05) is 49.8 Å². The van der Waals surface area contributed by atoms with Crippen molar-refractivity contribution in [2.24, 2.45) is 0 Å². The van der Waals surface area contributed by atoms with Crippen molar-refractivity contribution in [3.8, 4) is 29.3 Å². The first-order chi connectivity index (χ1) is 21.0. The van der Waals surface area contributed by atoms with Crippen molar-refractivity contribution in [1.29, 1.82) is 0 Å². The molecule has 0 N–H and O–H groups in total. The highest BCUT2D eigenvalue weighted by Crippen LogP contribution is 2.48. The normalized spacial score (nSPS) is 13.5. The van der Waals surface area contributed by atoms with Gasteiger partial charge >= 0.3 is 0 Å². The van der Waals surface area contributed by atoms with Crippen LogP contribution in [0.5, 0.6) is 0 Å². The maximum absolute atomic E-state index is 2.46. The number of hydrogen-bond acceptors (Lipinski definition) is 4. The summed E-state index contributed by atoms with van der Waals surface area (Å²) in [4.78, 5) is 11.8. The van der Waals surface area contributed by atoms with E-state index in [1.165, 1.54) is 126 Å². The largest absolute Gasteiger partial charge is 0.139 e. The molecule has 0 bridgehead atoms. The topological polar surface area (TPSA) is 0 Å². The van der Waals surface area contributed by atoms with E-state index in [0.717, 1.165) is 0 Å². The maximum atomic E-state index is 2.46. The molecule has 0 aliphatic rings. The molecule has 0 saturated carbocycles. The van der Waals surface area contributed by atoms with Crippen LogP contribution in [-0.2, 0) is 10.8 Å². The van der Waals surface area contributed by atoms with Gasteiger partial charge in [-0.05, 0) is 87.1 Å². The molecular formula is C39H56S4. The third-order valence-electron chi connectivity index (χ3n) is 9.97. The molecule has 0 fully saturated rings. The fourth-order valence-electron chi connectivity index (χ4n) is 6.95. The lowest BCUT2D eigenvalue weighted by molar-refractivity contribution is 0.339. The molecule has 43 heavy (non-hydrogen) atoms. The van der Waals surface area contributed by atoms with Crippen LogP contribution in [0.4, 0.5) is 0 Å². The summed E-state index contributed by atoms with van der Waals surface area (Å²) in [6.07, 6.45) is 19.8. The van der Waals surface area contributed by atoms with Crippen LogP contribution in [0.1, 0.15) is 148 Å². The zero-order valence-electron chi connectivity index (χ0n) is 27.9. The highest BCUT2D eigenvalue weighted by atomic mass is 32.1. The summed E-state index contributed by atoms with van der Waals surface area (Å²) in [5, 5.41) is 0. The third-order valence-corrected chi connectivity index (χ3v) is 15.4. The molecule has 0 amide bonds. The summed E-state index contributed by atoms with van der Waals surface area (Å²) in [7, 11) is 0. The lowest BCUT2D eigenvalue weighted by Gasteiger charge is -2.32. The molecule has 0 saturated heterocycles. The molecule has 0 aliphatic heterocycles. The minimum Gasteiger partial charge on any atom is -0.139 e. The second kappa shape index (κ2) is 16.9. The van der Waals surface area contributed by atoms with E-state index in [0.29, 0.717) is 10.8 Å². The van der Waals surface area contributed by atoms with Crippen LogP contribution in [0, 0.1) is 0 Å². The summed E-state index contributed by atoms with van der Waals surface area (Å²) in [5.41, 5.74) is 0.706. The molecule has 0 radical (unpaired) electrons. The van der Waals surface area contributed by atoms with Gasteiger partial charge in [0.05, 0.1) is 0 Å². The molecule has 236 valence electrons. The molecule has 0 aliphatic carbocycles. The van der Waals surface area contributed by atoms with Crippen LogP contribution in [0.3, 0.4) is 0 Å². The van der Waals surface area contributed by atoms with Crippen LogP contribution in [0.15, 0.2) is 48.5 Å². The predicted molar refractivity (Wildman–Crippen MR) is 201 cm³/mol. The van der Waals surface area contributed by atoms with Crippen molar-refractivity contribution >= 4 is 45.3 Å². The number of thiophene rings is 4. The van der Waals surface area contributed by atoms with Gasteiger partial charge in [0.15, 0.2) is 0 Å². The summed E-state index contributed by atoms with van der Waals surface area (Å²) in [6.45, 7) is 14.2. The van der Waals surface area contributed by atoms with Crippen molar-refractivity contribution in [3.05, 3.63) is 58.3 Å². The fraction of sp³-hybridized carbons (Fsp3) is 0.590. The molecule has 4 aromatic heterocycles. The Kier molecular flexibility index (Phi) is 13.6. The zero-order chi connectivity index (χ0) is 30.7. The molecule has 4 rings (SSSR count). The molecule has 4 aromatic rings. The van der Waals surface area contributed by atoms with Crippen molar-refractivity contribution in [1.82, 2.24) is 0 Å². The molecule has 1 unspecified atom stereocenters. The smallest absolute Gasteiger partial charge is 0.0449 e. The summed E-state index contributed by atoms with van der Waals surface area (Å²) in [5.74, 6) is 0. The van der Waals surface area contributed by atoms with Crippen LogP contribution in [0.2, 0.25) is 0 Å². The number of hydrogen-bond donors (Lipinski definition) is 0. The average molecular weight is 653 g/mol. The molecule has 4 heterocycles. The van der Waals surface area contributed by atoms with Gasteiger partial charge in [-0.1, -0.05) is 99.3 Å². The lowest BCUT2D eigenvalue weighted by Crippen LogP contribution is -2.24. The van der Waals surface area contributed by atoms with Crippen molar-refractivity contribution in [3.63, 3.8) is 0 Å². The van der Waals surface area contributed by atoms with E-state index in [-0.39, 0.29) is 0 Å². The van der Waals surface area contributed by atoms with E-state index >= 15 is 0 Å². The lowest BCUT2D eigenvalue weighted by atomic mass is 9.75. The first kappa shape index (κ1) is 34.7. The van der Waals surface area contributed by atoms with Crippen molar-refractivity contribution < 1.29 is 0 Å². The summed E-state index contributed by atoms with van der Waals surface area (Å²) >= 11 is 8.05. The fourth-order valence-corrected chi connectivity index (χ4v) is 11.9. The van der Waals surface area contributed by atoms with E-state index < -0.39 is 0 Å². The SMILES string of the molecule is CCCCCCC(CC)(CC)c1ccc(-c2ccc(-c3ccc(-c4ccc(C(CC)(CCC)CCCCCC)s4)s3)s2)s1. The summed E-state index contributed by atoms with van der Waals surface area (Å²) in [6, 6.07) is 19.1. The Hall–Kier alpha value is -1.20. The van der Waals surface area contributed by atoms with E-state index in [1.54, 1.807) is 9.75 Å². The molecule has 0 aromatic carbocycles. The second-order valence-electron chi connectivity index (χ2n) is 12.6. The Morgan fingerprint density at radius 2 is 0.744 bits per heavy atom. The Morgan fingerprint density at radius 3 is 1.14 bits per heavy atom. The van der Waals surface area contributed by atoms with Crippen LogP contribution in [-0.4, -0.2) is 0 Å². The van der Waals surface area contributed by atoms with Gasteiger partial charge in [0.1, 0.15) is 0 Å². The average Bonchev–Trinajstić information content (AvgIpc) is 3.85. The van der Waals surface area contributed by atoms with Gasteiger partial charge < -0.3 is 0 Å². The Morgan fingerprint density at radius 1 is 0.372 bits per heavy atom. The van der Waals surface area contributed by atoms with Gasteiger partial charge in [-0.15, -0.1) is 45.3 Å². The van der Waals surface area contributed by atoms with Gasteiger partial charge in [-0.3, -0.25) is 0 Å². The van der Waals surface area contributed by atoms with Crippen molar-refractivity contribution in [2.75, 3.05) is 0 Å².